The smallest absolute Gasteiger partial charge is 0.191 e. The van der Waals surface area contributed by atoms with E-state index in [2.05, 4.69) is 58.7 Å². The molecule has 2 aromatic rings. The molecule has 124 valence electrons. The maximum absolute atomic E-state index is 4.50. The van der Waals surface area contributed by atoms with Crippen molar-refractivity contribution in [2.45, 2.75) is 52.1 Å². The summed E-state index contributed by atoms with van der Waals surface area (Å²) >= 11 is 0. The molecule has 0 saturated heterocycles. The van der Waals surface area contributed by atoms with Crippen molar-refractivity contribution in [3.8, 4) is 0 Å². The molecule has 4 nitrogen and oxygen atoms in total. The Balaban J connectivity index is 1.92. The lowest BCUT2D eigenvalue weighted by Crippen LogP contribution is -2.41. The Kier molecular flexibility index (Phi) is 6.85. The van der Waals surface area contributed by atoms with Gasteiger partial charge in [-0.1, -0.05) is 50.5 Å². The fourth-order valence-corrected chi connectivity index (χ4v) is 2.69. The zero-order valence-corrected chi connectivity index (χ0v) is 14.5. The number of para-hydroxylation sites is 1. The Morgan fingerprint density at radius 2 is 2.04 bits per heavy atom. The van der Waals surface area contributed by atoms with Crippen molar-refractivity contribution in [2.75, 3.05) is 7.05 Å². The molecule has 0 aliphatic heterocycles. The fraction of sp³-hybridized carbons (Fsp3) is 0.474. The van der Waals surface area contributed by atoms with Crippen LogP contribution in [0, 0.1) is 0 Å². The summed E-state index contributed by atoms with van der Waals surface area (Å²) in [5.74, 6) is 0.849. The summed E-state index contributed by atoms with van der Waals surface area (Å²) in [4.78, 5) is 8.82. The van der Waals surface area contributed by atoms with Crippen LogP contribution in [0.2, 0.25) is 0 Å². The third-order valence-electron chi connectivity index (χ3n) is 4.01. The third kappa shape index (κ3) is 5.23. The van der Waals surface area contributed by atoms with Crippen molar-refractivity contribution in [1.82, 2.24) is 15.6 Å². The Morgan fingerprint density at radius 1 is 1.22 bits per heavy atom. The molecular formula is C19H28N4. The summed E-state index contributed by atoms with van der Waals surface area (Å²) in [5.41, 5.74) is 2.23. The predicted molar refractivity (Wildman–Crippen MR) is 98.7 cm³/mol. The molecular weight excluding hydrogens is 284 g/mol. The molecule has 0 aliphatic carbocycles. The van der Waals surface area contributed by atoms with Crippen molar-refractivity contribution >= 4 is 16.9 Å². The minimum atomic E-state index is 0.429. The van der Waals surface area contributed by atoms with Crippen LogP contribution >= 0.6 is 0 Å². The van der Waals surface area contributed by atoms with Gasteiger partial charge >= 0.3 is 0 Å². The number of benzene rings is 1. The molecule has 2 N–H and O–H groups in total. The topological polar surface area (TPSA) is 49.3 Å². The Labute approximate surface area is 139 Å². The van der Waals surface area contributed by atoms with Crippen LogP contribution in [0.4, 0.5) is 0 Å². The van der Waals surface area contributed by atoms with Gasteiger partial charge in [0.15, 0.2) is 5.96 Å². The van der Waals surface area contributed by atoms with E-state index in [4.69, 9.17) is 0 Å². The number of rotatable bonds is 7. The molecule has 1 atom stereocenters. The van der Waals surface area contributed by atoms with Crippen LogP contribution in [-0.4, -0.2) is 24.0 Å². The summed E-state index contributed by atoms with van der Waals surface area (Å²) in [6, 6.07) is 10.8. The summed E-state index contributed by atoms with van der Waals surface area (Å²) < 4.78 is 0. The van der Waals surface area contributed by atoms with Gasteiger partial charge in [-0.05, 0) is 25.0 Å². The van der Waals surface area contributed by atoms with Gasteiger partial charge in [-0.3, -0.25) is 9.98 Å². The molecule has 0 saturated carbocycles. The molecule has 0 bridgehead atoms. The van der Waals surface area contributed by atoms with Gasteiger partial charge in [0, 0.05) is 31.2 Å². The molecule has 0 amide bonds. The second kappa shape index (κ2) is 9.13. The second-order valence-corrected chi connectivity index (χ2v) is 5.96. The van der Waals surface area contributed by atoms with Gasteiger partial charge in [0.05, 0.1) is 5.52 Å². The maximum Gasteiger partial charge on any atom is 0.191 e. The number of aromatic nitrogens is 1. The standard InChI is InChI=1S/C19H28N4/c1-4-5-6-9-15(2)23-19(20-3)22-14-17-11-7-10-16-12-8-13-21-18(16)17/h7-8,10-13,15H,4-6,9,14H2,1-3H3,(H2,20,22,23). The number of hydrogen-bond donors (Lipinski definition) is 2. The number of guanidine groups is 1. The maximum atomic E-state index is 4.50. The van der Waals surface area contributed by atoms with Gasteiger partial charge in [-0.25, -0.2) is 0 Å². The van der Waals surface area contributed by atoms with Crippen LogP contribution in [0.5, 0.6) is 0 Å². The first-order valence-electron chi connectivity index (χ1n) is 8.54. The molecule has 4 heteroatoms. The molecule has 1 unspecified atom stereocenters. The zero-order valence-electron chi connectivity index (χ0n) is 14.5. The summed E-state index contributed by atoms with van der Waals surface area (Å²) in [5, 5.41) is 8.03. The van der Waals surface area contributed by atoms with Gasteiger partial charge < -0.3 is 10.6 Å². The molecule has 23 heavy (non-hydrogen) atoms. The van der Waals surface area contributed by atoms with Gasteiger partial charge in [0.25, 0.3) is 0 Å². The average molecular weight is 312 g/mol. The van der Waals surface area contributed by atoms with Crippen molar-refractivity contribution in [1.29, 1.82) is 0 Å². The van der Waals surface area contributed by atoms with E-state index < -0.39 is 0 Å². The van der Waals surface area contributed by atoms with Gasteiger partial charge in [-0.2, -0.15) is 0 Å². The molecule has 1 aromatic carbocycles. The van der Waals surface area contributed by atoms with Crippen molar-refractivity contribution < 1.29 is 0 Å². The van der Waals surface area contributed by atoms with E-state index in [1.165, 1.54) is 36.6 Å². The van der Waals surface area contributed by atoms with Crippen molar-refractivity contribution in [3.63, 3.8) is 0 Å². The first-order chi connectivity index (χ1) is 11.2. The van der Waals surface area contributed by atoms with Crippen LogP contribution in [0.15, 0.2) is 41.5 Å². The van der Waals surface area contributed by atoms with E-state index in [1.807, 2.05) is 19.3 Å². The van der Waals surface area contributed by atoms with E-state index in [-0.39, 0.29) is 0 Å². The van der Waals surface area contributed by atoms with E-state index in [0.29, 0.717) is 6.04 Å². The molecule has 0 spiro atoms. The largest absolute Gasteiger partial charge is 0.354 e. The molecule has 2 rings (SSSR count). The summed E-state index contributed by atoms with van der Waals surface area (Å²) in [7, 11) is 1.81. The number of unbranched alkanes of at least 4 members (excludes halogenated alkanes) is 2. The van der Waals surface area contributed by atoms with E-state index in [9.17, 15) is 0 Å². The highest BCUT2D eigenvalue weighted by molar-refractivity contribution is 5.83. The number of nitrogens with one attached hydrogen (secondary N) is 2. The van der Waals surface area contributed by atoms with Crippen molar-refractivity contribution in [2.24, 2.45) is 4.99 Å². The van der Waals surface area contributed by atoms with Crippen LogP contribution in [0.25, 0.3) is 10.9 Å². The monoisotopic (exact) mass is 312 g/mol. The Morgan fingerprint density at radius 3 is 2.83 bits per heavy atom. The van der Waals surface area contributed by atoms with E-state index in [1.54, 1.807) is 0 Å². The highest BCUT2D eigenvalue weighted by Gasteiger charge is 2.06. The van der Waals surface area contributed by atoms with Crippen LogP contribution in [-0.2, 0) is 6.54 Å². The van der Waals surface area contributed by atoms with Gasteiger partial charge in [0.1, 0.15) is 0 Å². The zero-order chi connectivity index (χ0) is 16.5. The molecule has 1 heterocycles. The minimum absolute atomic E-state index is 0.429. The molecule has 0 radical (unpaired) electrons. The first-order valence-corrected chi connectivity index (χ1v) is 8.54. The van der Waals surface area contributed by atoms with Crippen LogP contribution < -0.4 is 10.6 Å². The lowest BCUT2D eigenvalue weighted by Gasteiger charge is -2.18. The number of fused-ring (bicyclic) bond motifs is 1. The number of aliphatic imine (C=N–C) groups is 1. The molecule has 0 fully saturated rings. The lowest BCUT2D eigenvalue weighted by molar-refractivity contribution is 0.547. The Hall–Kier alpha value is -2.10. The summed E-state index contributed by atoms with van der Waals surface area (Å²) in [6.45, 7) is 5.16. The van der Waals surface area contributed by atoms with Gasteiger partial charge in [0.2, 0.25) is 0 Å². The van der Waals surface area contributed by atoms with Crippen molar-refractivity contribution in [3.05, 3.63) is 42.1 Å². The van der Waals surface area contributed by atoms with Crippen LogP contribution in [0.1, 0.15) is 45.1 Å². The fourth-order valence-electron chi connectivity index (χ4n) is 2.69. The van der Waals surface area contributed by atoms with Crippen LogP contribution in [0.3, 0.4) is 0 Å². The second-order valence-electron chi connectivity index (χ2n) is 5.96. The summed E-state index contributed by atoms with van der Waals surface area (Å²) in [6.07, 6.45) is 6.82. The molecule has 0 aliphatic rings. The third-order valence-corrected chi connectivity index (χ3v) is 4.01. The van der Waals surface area contributed by atoms with Gasteiger partial charge in [-0.15, -0.1) is 0 Å². The Bertz CT molecular complexity index is 631. The predicted octanol–water partition coefficient (Wildman–Crippen LogP) is 3.87. The highest BCUT2D eigenvalue weighted by Crippen LogP contribution is 2.15. The van der Waals surface area contributed by atoms with E-state index in [0.717, 1.165) is 18.0 Å². The molecule has 1 aromatic heterocycles. The normalized spacial score (nSPS) is 13.1. The number of nitrogens with zero attached hydrogens (tertiary/aromatic N) is 2. The number of pyridine rings is 1. The number of hydrogen-bond acceptors (Lipinski definition) is 2. The SMILES string of the molecule is CCCCCC(C)NC(=NC)NCc1cccc2cccnc12. The van der Waals surface area contributed by atoms with E-state index >= 15 is 0 Å². The lowest BCUT2D eigenvalue weighted by atomic mass is 10.1. The first kappa shape index (κ1) is 17.3. The highest BCUT2D eigenvalue weighted by atomic mass is 15.2. The average Bonchev–Trinajstić information content (AvgIpc) is 2.58. The minimum Gasteiger partial charge on any atom is -0.354 e. The quantitative estimate of drug-likeness (QED) is 0.463.